The Hall–Kier alpha value is -0.160. The highest BCUT2D eigenvalue weighted by Gasteiger charge is 2.17. The summed E-state index contributed by atoms with van der Waals surface area (Å²) in [4.78, 5) is 0. The Kier molecular flexibility index (Phi) is 5.59. The molecule has 1 unspecified atom stereocenters. The van der Waals surface area contributed by atoms with Crippen LogP contribution < -0.4 is 4.72 Å². The fraction of sp³-hybridized carbons (Fsp3) is 0.455. The second-order valence-corrected chi connectivity index (χ2v) is 7.11. The highest BCUT2D eigenvalue weighted by atomic mass is 35.5. The van der Waals surface area contributed by atoms with Crippen molar-refractivity contribution in [3.8, 4) is 0 Å². The molecular formula is C11H14Cl3NO2S. The predicted octanol–water partition coefficient (Wildman–Crippen LogP) is 3.92. The maximum absolute atomic E-state index is 11.8. The van der Waals surface area contributed by atoms with Gasteiger partial charge in [-0.15, -0.1) is 11.6 Å². The van der Waals surface area contributed by atoms with Crippen molar-refractivity contribution >= 4 is 50.5 Å². The fourth-order valence-corrected chi connectivity index (χ4v) is 3.53. The Morgan fingerprint density at radius 2 is 1.89 bits per heavy atom. The van der Waals surface area contributed by atoms with Crippen molar-refractivity contribution in [2.24, 2.45) is 5.92 Å². The Bertz CT molecular complexity index is 531. The third kappa shape index (κ3) is 4.50. The average molecular weight is 331 g/mol. The van der Waals surface area contributed by atoms with Crippen LogP contribution in [0.5, 0.6) is 0 Å². The van der Waals surface area contributed by atoms with Gasteiger partial charge < -0.3 is 0 Å². The summed E-state index contributed by atoms with van der Waals surface area (Å²) >= 11 is 17.5. The van der Waals surface area contributed by atoms with Gasteiger partial charge in [0.1, 0.15) is 0 Å². The van der Waals surface area contributed by atoms with Crippen LogP contribution in [0.2, 0.25) is 10.0 Å². The summed E-state index contributed by atoms with van der Waals surface area (Å²) in [5.41, 5.74) is 1.08. The molecule has 0 aromatic heterocycles. The van der Waals surface area contributed by atoms with Gasteiger partial charge in [-0.1, -0.05) is 30.1 Å². The lowest BCUT2D eigenvalue weighted by atomic mass is 10.2. The van der Waals surface area contributed by atoms with Crippen LogP contribution in [0.3, 0.4) is 0 Å². The summed E-state index contributed by atoms with van der Waals surface area (Å²) in [5, 5.41) is 0.779. The van der Waals surface area contributed by atoms with Gasteiger partial charge >= 0.3 is 0 Å². The van der Waals surface area contributed by atoms with Gasteiger partial charge in [0.05, 0.1) is 16.5 Å². The lowest BCUT2D eigenvalue weighted by Crippen LogP contribution is -2.22. The number of halogens is 3. The monoisotopic (exact) mass is 329 g/mol. The molecule has 0 radical (unpaired) electrons. The number of alkyl halides is 1. The van der Waals surface area contributed by atoms with Gasteiger partial charge in [-0.25, -0.2) is 8.42 Å². The van der Waals surface area contributed by atoms with E-state index < -0.39 is 10.0 Å². The second kappa shape index (κ2) is 6.33. The van der Waals surface area contributed by atoms with Crippen LogP contribution in [0, 0.1) is 12.8 Å². The molecule has 0 aliphatic carbocycles. The van der Waals surface area contributed by atoms with Gasteiger partial charge in [0.25, 0.3) is 0 Å². The quantitative estimate of drug-likeness (QED) is 0.832. The zero-order valence-corrected chi connectivity index (χ0v) is 13.1. The van der Waals surface area contributed by atoms with Crippen LogP contribution in [-0.4, -0.2) is 20.1 Å². The van der Waals surface area contributed by atoms with Crippen molar-refractivity contribution in [1.29, 1.82) is 0 Å². The van der Waals surface area contributed by atoms with Crippen LogP contribution in [-0.2, 0) is 10.0 Å². The normalized spacial score (nSPS) is 13.4. The summed E-state index contributed by atoms with van der Waals surface area (Å²) < 4.78 is 26.1. The molecule has 7 heteroatoms. The van der Waals surface area contributed by atoms with Gasteiger partial charge in [-0.3, -0.25) is 4.72 Å². The topological polar surface area (TPSA) is 46.2 Å². The molecule has 0 heterocycles. The zero-order chi connectivity index (χ0) is 13.9. The molecule has 1 atom stereocenters. The SMILES string of the molecule is Cc1cc(Cl)c(NS(=O)(=O)CC(C)CCl)cc1Cl. The number of aryl methyl sites for hydroxylation is 1. The molecule has 0 aliphatic rings. The molecule has 0 spiro atoms. The molecule has 102 valence electrons. The highest BCUT2D eigenvalue weighted by Crippen LogP contribution is 2.29. The molecule has 1 aromatic rings. The van der Waals surface area contributed by atoms with Crippen molar-refractivity contribution in [3.05, 3.63) is 27.7 Å². The molecule has 0 saturated carbocycles. The van der Waals surface area contributed by atoms with E-state index in [4.69, 9.17) is 34.8 Å². The van der Waals surface area contributed by atoms with Gasteiger partial charge in [0.15, 0.2) is 0 Å². The predicted molar refractivity (Wildman–Crippen MR) is 78.5 cm³/mol. The minimum Gasteiger partial charge on any atom is -0.282 e. The van der Waals surface area contributed by atoms with Crippen LogP contribution >= 0.6 is 34.8 Å². The third-order valence-electron chi connectivity index (χ3n) is 2.28. The Morgan fingerprint density at radius 1 is 1.28 bits per heavy atom. The smallest absolute Gasteiger partial charge is 0.233 e. The molecular weight excluding hydrogens is 317 g/mol. The lowest BCUT2D eigenvalue weighted by Gasteiger charge is -2.13. The van der Waals surface area contributed by atoms with Crippen molar-refractivity contribution in [1.82, 2.24) is 0 Å². The van der Waals surface area contributed by atoms with Crippen molar-refractivity contribution < 1.29 is 8.42 Å². The van der Waals surface area contributed by atoms with E-state index in [1.807, 2.05) is 0 Å². The van der Waals surface area contributed by atoms with E-state index in [1.54, 1.807) is 19.9 Å². The van der Waals surface area contributed by atoms with E-state index >= 15 is 0 Å². The largest absolute Gasteiger partial charge is 0.282 e. The van der Waals surface area contributed by atoms with Crippen molar-refractivity contribution in [3.63, 3.8) is 0 Å². The van der Waals surface area contributed by atoms with E-state index in [-0.39, 0.29) is 23.2 Å². The summed E-state index contributed by atoms with van der Waals surface area (Å²) in [6, 6.07) is 3.12. The molecule has 1 N–H and O–H groups in total. The first kappa shape index (κ1) is 15.9. The lowest BCUT2D eigenvalue weighted by molar-refractivity contribution is 0.588. The third-order valence-corrected chi connectivity index (χ3v) is 5.07. The minimum atomic E-state index is -3.48. The molecule has 0 bridgehead atoms. The van der Waals surface area contributed by atoms with E-state index in [1.165, 1.54) is 6.07 Å². The molecule has 3 nitrogen and oxygen atoms in total. The van der Waals surface area contributed by atoms with Crippen LogP contribution in [0.25, 0.3) is 0 Å². The summed E-state index contributed by atoms with van der Waals surface area (Å²) in [7, 11) is -3.48. The first-order valence-electron chi connectivity index (χ1n) is 5.27. The van der Waals surface area contributed by atoms with Gasteiger partial charge in [0, 0.05) is 10.9 Å². The highest BCUT2D eigenvalue weighted by molar-refractivity contribution is 7.92. The van der Waals surface area contributed by atoms with Gasteiger partial charge in [-0.2, -0.15) is 0 Å². The molecule has 0 saturated heterocycles. The first-order chi connectivity index (χ1) is 8.25. The van der Waals surface area contributed by atoms with Crippen molar-refractivity contribution in [2.45, 2.75) is 13.8 Å². The standard InChI is InChI=1S/C11H14Cl3NO2S/c1-7(5-12)6-18(16,17)15-11-4-9(13)8(2)3-10(11)14/h3-4,7,15H,5-6H2,1-2H3. The van der Waals surface area contributed by atoms with E-state index in [2.05, 4.69) is 4.72 Å². The van der Waals surface area contributed by atoms with Gasteiger partial charge in [0.2, 0.25) is 10.0 Å². The number of benzene rings is 1. The maximum Gasteiger partial charge on any atom is 0.233 e. The summed E-state index contributed by atoms with van der Waals surface area (Å²) in [5.74, 6) is 0.0885. The molecule has 0 fully saturated rings. The number of anilines is 1. The fourth-order valence-electron chi connectivity index (χ4n) is 1.35. The Morgan fingerprint density at radius 3 is 2.44 bits per heavy atom. The van der Waals surface area contributed by atoms with Gasteiger partial charge in [-0.05, 0) is 30.5 Å². The molecule has 0 amide bonds. The number of sulfonamides is 1. The van der Waals surface area contributed by atoms with E-state index in [0.717, 1.165) is 5.56 Å². The van der Waals surface area contributed by atoms with Crippen LogP contribution in [0.15, 0.2) is 12.1 Å². The maximum atomic E-state index is 11.8. The number of hydrogen-bond acceptors (Lipinski definition) is 2. The first-order valence-corrected chi connectivity index (χ1v) is 8.21. The number of hydrogen-bond donors (Lipinski definition) is 1. The Balaban J connectivity index is 2.94. The number of rotatable bonds is 5. The number of nitrogens with one attached hydrogen (secondary N) is 1. The second-order valence-electron chi connectivity index (χ2n) is 4.22. The average Bonchev–Trinajstić information content (AvgIpc) is 2.24. The van der Waals surface area contributed by atoms with E-state index in [9.17, 15) is 8.42 Å². The van der Waals surface area contributed by atoms with E-state index in [0.29, 0.717) is 10.0 Å². The van der Waals surface area contributed by atoms with Crippen LogP contribution in [0.4, 0.5) is 5.69 Å². The molecule has 1 rings (SSSR count). The minimum absolute atomic E-state index is 0.0572. The molecule has 1 aromatic carbocycles. The zero-order valence-electron chi connectivity index (χ0n) is 10.0. The Labute approximate surface area is 122 Å². The van der Waals surface area contributed by atoms with Crippen LogP contribution in [0.1, 0.15) is 12.5 Å². The molecule has 18 heavy (non-hydrogen) atoms. The summed E-state index contributed by atoms with van der Waals surface area (Å²) in [6.45, 7) is 3.55. The summed E-state index contributed by atoms with van der Waals surface area (Å²) in [6.07, 6.45) is 0. The van der Waals surface area contributed by atoms with Crippen molar-refractivity contribution in [2.75, 3.05) is 16.4 Å². The molecule has 0 aliphatic heterocycles.